The fourth-order valence-corrected chi connectivity index (χ4v) is 2.53. The summed E-state index contributed by atoms with van der Waals surface area (Å²) in [6.45, 7) is 1.97. The molecule has 2 nitrogen and oxygen atoms in total. The van der Waals surface area contributed by atoms with E-state index in [4.69, 9.17) is 11.6 Å². The third kappa shape index (κ3) is 2.40. The highest BCUT2D eigenvalue weighted by Crippen LogP contribution is 2.28. The van der Waals surface area contributed by atoms with Crippen LogP contribution in [0.3, 0.4) is 0 Å². The summed E-state index contributed by atoms with van der Waals surface area (Å²) >= 11 is 6.02. The summed E-state index contributed by atoms with van der Waals surface area (Å²) in [5, 5.41) is 12.2. The molecular weight excluding hydrogens is 270 g/mol. The molecule has 1 N–H and O–H groups in total. The molecule has 1 unspecified atom stereocenters. The van der Waals surface area contributed by atoms with Crippen LogP contribution in [0.5, 0.6) is 0 Å². The molecule has 3 heteroatoms. The lowest BCUT2D eigenvalue weighted by Gasteiger charge is -2.15. The zero-order chi connectivity index (χ0) is 14.1. The molecule has 20 heavy (non-hydrogen) atoms. The number of nitrogens with zero attached hydrogens (tertiary/aromatic N) is 1. The van der Waals surface area contributed by atoms with E-state index in [9.17, 15) is 5.11 Å². The first-order valence-corrected chi connectivity index (χ1v) is 6.82. The topological polar surface area (TPSA) is 33.1 Å². The van der Waals surface area contributed by atoms with Crippen molar-refractivity contribution >= 4 is 22.5 Å². The molecule has 2 aromatic carbocycles. The maximum absolute atomic E-state index is 10.6. The van der Waals surface area contributed by atoms with Gasteiger partial charge in [-0.1, -0.05) is 29.8 Å². The van der Waals surface area contributed by atoms with Gasteiger partial charge in [0.25, 0.3) is 0 Å². The van der Waals surface area contributed by atoms with Crippen LogP contribution in [0.1, 0.15) is 22.8 Å². The van der Waals surface area contributed by atoms with Crippen molar-refractivity contribution in [1.82, 2.24) is 4.98 Å². The minimum absolute atomic E-state index is 0.632. The highest BCUT2D eigenvalue weighted by Gasteiger charge is 2.14. The molecule has 0 fully saturated rings. The molecule has 3 rings (SSSR count). The van der Waals surface area contributed by atoms with E-state index in [-0.39, 0.29) is 0 Å². The zero-order valence-corrected chi connectivity index (χ0v) is 11.8. The predicted molar refractivity (Wildman–Crippen MR) is 82.0 cm³/mol. The van der Waals surface area contributed by atoms with Crippen LogP contribution in [-0.2, 0) is 0 Å². The van der Waals surface area contributed by atoms with E-state index in [1.165, 1.54) is 0 Å². The first-order chi connectivity index (χ1) is 9.65. The van der Waals surface area contributed by atoms with Gasteiger partial charge in [-0.15, -0.1) is 0 Å². The number of aliphatic hydroxyl groups is 1. The standard InChI is InChI=1S/C17H14ClNO/c1-11-4-6-14(18)10-15(11)17(20)13-5-7-16-12(9-13)3-2-8-19-16/h2-10,17,20H,1H3. The van der Waals surface area contributed by atoms with E-state index >= 15 is 0 Å². The summed E-state index contributed by atoms with van der Waals surface area (Å²) in [7, 11) is 0. The Labute approximate surface area is 122 Å². The maximum atomic E-state index is 10.6. The van der Waals surface area contributed by atoms with Crippen LogP contribution in [0.25, 0.3) is 10.9 Å². The third-order valence-electron chi connectivity index (χ3n) is 3.48. The number of rotatable bonds is 2. The van der Waals surface area contributed by atoms with Crippen LogP contribution in [0.4, 0.5) is 0 Å². The Morgan fingerprint density at radius 1 is 1.10 bits per heavy atom. The Hall–Kier alpha value is -1.90. The monoisotopic (exact) mass is 283 g/mol. The molecule has 0 aliphatic heterocycles. The number of fused-ring (bicyclic) bond motifs is 1. The Kier molecular flexibility index (Phi) is 3.43. The molecule has 0 bridgehead atoms. The van der Waals surface area contributed by atoms with Crippen molar-refractivity contribution in [1.29, 1.82) is 0 Å². The summed E-state index contributed by atoms with van der Waals surface area (Å²) in [6, 6.07) is 15.2. The molecule has 0 amide bonds. The van der Waals surface area contributed by atoms with Crippen molar-refractivity contribution in [2.45, 2.75) is 13.0 Å². The second-order valence-corrected chi connectivity index (χ2v) is 5.30. The van der Waals surface area contributed by atoms with E-state index in [0.717, 1.165) is 27.6 Å². The Morgan fingerprint density at radius 2 is 1.95 bits per heavy atom. The van der Waals surface area contributed by atoms with E-state index in [2.05, 4.69) is 4.98 Å². The summed E-state index contributed by atoms with van der Waals surface area (Å²) in [4.78, 5) is 4.28. The van der Waals surface area contributed by atoms with Gasteiger partial charge in [-0.05, 0) is 53.9 Å². The average Bonchev–Trinajstić information content (AvgIpc) is 2.48. The molecule has 100 valence electrons. The summed E-state index contributed by atoms with van der Waals surface area (Å²) in [6.07, 6.45) is 1.08. The number of hydrogen-bond donors (Lipinski definition) is 1. The SMILES string of the molecule is Cc1ccc(Cl)cc1C(O)c1ccc2ncccc2c1. The van der Waals surface area contributed by atoms with Gasteiger partial charge in [0.1, 0.15) is 6.10 Å². The van der Waals surface area contributed by atoms with Gasteiger partial charge < -0.3 is 5.11 Å². The molecule has 1 aromatic heterocycles. The fraction of sp³-hybridized carbons (Fsp3) is 0.118. The van der Waals surface area contributed by atoms with Gasteiger partial charge in [-0.3, -0.25) is 4.98 Å². The number of hydrogen-bond acceptors (Lipinski definition) is 2. The van der Waals surface area contributed by atoms with Gasteiger partial charge in [0, 0.05) is 16.6 Å². The number of aryl methyl sites for hydroxylation is 1. The molecule has 0 saturated heterocycles. The van der Waals surface area contributed by atoms with Crippen molar-refractivity contribution in [3.05, 3.63) is 76.4 Å². The summed E-state index contributed by atoms with van der Waals surface area (Å²) < 4.78 is 0. The van der Waals surface area contributed by atoms with E-state index in [1.807, 2.05) is 55.5 Å². The second kappa shape index (κ2) is 5.23. The molecular formula is C17H14ClNO. The Balaban J connectivity index is 2.07. The average molecular weight is 284 g/mol. The number of benzene rings is 2. The largest absolute Gasteiger partial charge is 0.384 e. The van der Waals surface area contributed by atoms with Crippen molar-refractivity contribution in [3.8, 4) is 0 Å². The summed E-state index contributed by atoms with van der Waals surface area (Å²) in [5.41, 5.74) is 3.62. The van der Waals surface area contributed by atoms with Gasteiger partial charge in [-0.2, -0.15) is 0 Å². The number of halogens is 1. The van der Waals surface area contributed by atoms with Gasteiger partial charge in [-0.25, -0.2) is 0 Å². The van der Waals surface area contributed by atoms with Crippen molar-refractivity contribution < 1.29 is 5.11 Å². The van der Waals surface area contributed by atoms with Crippen molar-refractivity contribution in [2.75, 3.05) is 0 Å². The van der Waals surface area contributed by atoms with Crippen LogP contribution < -0.4 is 0 Å². The Bertz CT molecular complexity index is 770. The molecule has 0 radical (unpaired) electrons. The molecule has 0 aliphatic carbocycles. The van der Waals surface area contributed by atoms with Gasteiger partial charge in [0.15, 0.2) is 0 Å². The number of pyridine rings is 1. The second-order valence-electron chi connectivity index (χ2n) is 4.86. The minimum Gasteiger partial charge on any atom is -0.384 e. The maximum Gasteiger partial charge on any atom is 0.104 e. The van der Waals surface area contributed by atoms with Crippen LogP contribution in [0.2, 0.25) is 5.02 Å². The van der Waals surface area contributed by atoms with Crippen molar-refractivity contribution in [2.24, 2.45) is 0 Å². The smallest absolute Gasteiger partial charge is 0.104 e. The number of aliphatic hydroxyl groups excluding tert-OH is 1. The molecule has 1 atom stereocenters. The summed E-state index contributed by atoms with van der Waals surface area (Å²) in [5.74, 6) is 0. The zero-order valence-electron chi connectivity index (χ0n) is 11.0. The van der Waals surface area contributed by atoms with Crippen molar-refractivity contribution in [3.63, 3.8) is 0 Å². The Morgan fingerprint density at radius 3 is 2.80 bits per heavy atom. The van der Waals surface area contributed by atoms with E-state index < -0.39 is 6.10 Å². The minimum atomic E-state index is -0.682. The van der Waals surface area contributed by atoms with Gasteiger partial charge >= 0.3 is 0 Å². The molecule has 1 heterocycles. The molecule has 0 saturated carbocycles. The lowest BCUT2D eigenvalue weighted by molar-refractivity contribution is 0.219. The quantitative estimate of drug-likeness (QED) is 0.761. The van der Waals surface area contributed by atoms with Crippen LogP contribution in [0, 0.1) is 6.92 Å². The normalized spacial score (nSPS) is 12.6. The van der Waals surface area contributed by atoms with Gasteiger partial charge in [0.05, 0.1) is 5.52 Å². The molecule has 0 spiro atoms. The highest BCUT2D eigenvalue weighted by molar-refractivity contribution is 6.30. The first kappa shape index (κ1) is 13.1. The number of aromatic nitrogens is 1. The third-order valence-corrected chi connectivity index (χ3v) is 3.71. The van der Waals surface area contributed by atoms with Crippen LogP contribution >= 0.6 is 11.6 Å². The predicted octanol–water partition coefficient (Wildman–Crippen LogP) is 4.28. The first-order valence-electron chi connectivity index (χ1n) is 6.44. The van der Waals surface area contributed by atoms with E-state index in [0.29, 0.717) is 5.02 Å². The lowest BCUT2D eigenvalue weighted by atomic mass is 9.96. The molecule has 0 aliphatic rings. The van der Waals surface area contributed by atoms with E-state index in [1.54, 1.807) is 6.20 Å². The van der Waals surface area contributed by atoms with Crippen LogP contribution in [0.15, 0.2) is 54.7 Å². The fourth-order valence-electron chi connectivity index (χ4n) is 2.35. The highest BCUT2D eigenvalue weighted by atomic mass is 35.5. The van der Waals surface area contributed by atoms with Gasteiger partial charge in [0.2, 0.25) is 0 Å². The lowest BCUT2D eigenvalue weighted by Crippen LogP contribution is -2.02. The molecule has 3 aromatic rings. The van der Waals surface area contributed by atoms with Crippen LogP contribution in [-0.4, -0.2) is 10.1 Å².